The summed E-state index contributed by atoms with van der Waals surface area (Å²) in [7, 11) is 5.62. The summed E-state index contributed by atoms with van der Waals surface area (Å²) < 4.78 is 16.7. The molecule has 0 fully saturated rings. The molecule has 24 heavy (non-hydrogen) atoms. The zero-order valence-corrected chi connectivity index (χ0v) is 14.3. The molecule has 0 bridgehead atoms. The van der Waals surface area contributed by atoms with Gasteiger partial charge in [-0.05, 0) is 35.4 Å². The van der Waals surface area contributed by atoms with E-state index in [1.165, 1.54) is 5.56 Å². The van der Waals surface area contributed by atoms with Crippen molar-refractivity contribution in [3.05, 3.63) is 41.6 Å². The van der Waals surface area contributed by atoms with Gasteiger partial charge < -0.3 is 24.4 Å². The van der Waals surface area contributed by atoms with E-state index < -0.39 is 0 Å². The maximum absolute atomic E-state index is 5.67. The van der Waals surface area contributed by atoms with E-state index in [1.807, 2.05) is 43.4 Å². The van der Waals surface area contributed by atoms with Crippen LogP contribution in [-0.4, -0.2) is 39.4 Å². The van der Waals surface area contributed by atoms with Crippen molar-refractivity contribution < 1.29 is 14.2 Å². The van der Waals surface area contributed by atoms with Crippen LogP contribution in [0.5, 0.6) is 17.2 Å². The smallest absolute Gasteiger partial charge is 0.203 e. The number of anilines is 1. The lowest BCUT2D eigenvalue weighted by Crippen LogP contribution is -2.18. The summed E-state index contributed by atoms with van der Waals surface area (Å²) in [6, 6.07) is 8.09. The molecule has 1 aliphatic heterocycles. The fraction of sp³-hybridized carbons (Fsp3) is 0.389. The molecule has 0 atom stereocenters. The maximum Gasteiger partial charge on any atom is 0.203 e. The molecule has 0 radical (unpaired) electrons. The second kappa shape index (κ2) is 7.40. The van der Waals surface area contributed by atoms with Crippen LogP contribution in [0.3, 0.4) is 0 Å². The summed E-state index contributed by atoms with van der Waals surface area (Å²) in [5, 5.41) is 3.44. The first-order valence-electron chi connectivity index (χ1n) is 7.97. The third kappa shape index (κ3) is 3.71. The molecule has 2 heterocycles. The Balaban J connectivity index is 1.65. The largest absolute Gasteiger partial charge is 0.493 e. The van der Waals surface area contributed by atoms with Gasteiger partial charge in [0.1, 0.15) is 19.0 Å². The summed E-state index contributed by atoms with van der Waals surface area (Å²) in [5.74, 6) is 3.10. The molecule has 1 aromatic carbocycles. The molecule has 1 aliphatic rings. The first kappa shape index (κ1) is 16.4. The van der Waals surface area contributed by atoms with E-state index in [0.717, 1.165) is 23.7 Å². The molecule has 0 aliphatic carbocycles. The zero-order valence-electron chi connectivity index (χ0n) is 14.3. The molecular weight excluding hydrogens is 306 g/mol. The second-order valence-electron chi connectivity index (χ2n) is 5.84. The van der Waals surface area contributed by atoms with Crippen molar-refractivity contribution in [2.45, 2.75) is 13.1 Å². The Hall–Kier alpha value is -2.47. The summed E-state index contributed by atoms with van der Waals surface area (Å²) >= 11 is 0. The van der Waals surface area contributed by atoms with Gasteiger partial charge in [0.15, 0.2) is 11.5 Å². The Morgan fingerprint density at radius 3 is 2.71 bits per heavy atom. The quantitative estimate of drug-likeness (QED) is 0.877. The Morgan fingerprint density at radius 2 is 1.92 bits per heavy atom. The van der Waals surface area contributed by atoms with Gasteiger partial charge in [0.2, 0.25) is 5.75 Å². The average molecular weight is 329 g/mol. The summed E-state index contributed by atoms with van der Waals surface area (Å²) in [5.41, 5.74) is 2.29. The SMILES string of the molecule is COc1cc(CNCc2ccnc(N(C)C)c2)cc2c1OCCO2. The highest BCUT2D eigenvalue weighted by Crippen LogP contribution is 2.40. The molecule has 128 valence electrons. The Kier molecular flexibility index (Phi) is 5.05. The predicted octanol–water partition coefficient (Wildman–Crippen LogP) is 2.22. The van der Waals surface area contributed by atoms with Crippen LogP contribution in [0.1, 0.15) is 11.1 Å². The molecule has 2 aromatic rings. The van der Waals surface area contributed by atoms with E-state index in [-0.39, 0.29) is 0 Å². The molecule has 0 unspecified atom stereocenters. The van der Waals surface area contributed by atoms with Crippen LogP contribution < -0.4 is 24.4 Å². The van der Waals surface area contributed by atoms with Crippen molar-refractivity contribution >= 4 is 5.82 Å². The van der Waals surface area contributed by atoms with Crippen molar-refractivity contribution in [2.24, 2.45) is 0 Å². The van der Waals surface area contributed by atoms with E-state index in [1.54, 1.807) is 7.11 Å². The molecule has 0 saturated carbocycles. The van der Waals surface area contributed by atoms with Crippen molar-refractivity contribution in [3.8, 4) is 17.2 Å². The lowest BCUT2D eigenvalue weighted by Gasteiger charge is -2.21. The lowest BCUT2D eigenvalue weighted by molar-refractivity contribution is 0.165. The Bertz CT molecular complexity index is 687. The van der Waals surface area contributed by atoms with E-state index in [9.17, 15) is 0 Å². The summed E-state index contributed by atoms with van der Waals surface area (Å²) in [4.78, 5) is 6.32. The van der Waals surface area contributed by atoms with Crippen LogP contribution in [0.2, 0.25) is 0 Å². The average Bonchev–Trinajstić information content (AvgIpc) is 2.61. The lowest BCUT2D eigenvalue weighted by atomic mass is 10.1. The van der Waals surface area contributed by atoms with Gasteiger partial charge in [-0.3, -0.25) is 0 Å². The van der Waals surface area contributed by atoms with Crippen molar-refractivity contribution in [1.29, 1.82) is 0 Å². The van der Waals surface area contributed by atoms with Gasteiger partial charge in [-0.1, -0.05) is 0 Å². The number of ether oxygens (including phenoxy) is 3. The number of hydrogen-bond acceptors (Lipinski definition) is 6. The van der Waals surface area contributed by atoms with Gasteiger partial charge in [0, 0.05) is 33.4 Å². The van der Waals surface area contributed by atoms with Crippen LogP contribution in [0, 0.1) is 0 Å². The molecule has 6 nitrogen and oxygen atoms in total. The zero-order chi connectivity index (χ0) is 16.9. The van der Waals surface area contributed by atoms with Crippen LogP contribution in [0.4, 0.5) is 5.82 Å². The number of benzene rings is 1. The minimum atomic E-state index is 0.553. The van der Waals surface area contributed by atoms with Crippen LogP contribution in [0.15, 0.2) is 30.5 Å². The van der Waals surface area contributed by atoms with Gasteiger partial charge in [-0.15, -0.1) is 0 Å². The van der Waals surface area contributed by atoms with E-state index in [0.29, 0.717) is 31.3 Å². The number of fused-ring (bicyclic) bond motifs is 1. The molecule has 0 saturated heterocycles. The number of pyridine rings is 1. The summed E-state index contributed by atoms with van der Waals surface area (Å²) in [6.45, 7) is 2.60. The van der Waals surface area contributed by atoms with Crippen LogP contribution in [-0.2, 0) is 13.1 Å². The number of aromatic nitrogens is 1. The number of nitrogens with zero attached hydrogens (tertiary/aromatic N) is 2. The highest BCUT2D eigenvalue weighted by Gasteiger charge is 2.18. The normalized spacial score (nSPS) is 12.8. The molecule has 1 aromatic heterocycles. The fourth-order valence-corrected chi connectivity index (χ4v) is 2.60. The topological polar surface area (TPSA) is 55.9 Å². The third-order valence-electron chi connectivity index (χ3n) is 3.81. The second-order valence-corrected chi connectivity index (χ2v) is 5.84. The first-order valence-corrected chi connectivity index (χ1v) is 7.97. The maximum atomic E-state index is 5.67. The number of nitrogens with one attached hydrogen (secondary N) is 1. The molecule has 6 heteroatoms. The molecule has 3 rings (SSSR count). The van der Waals surface area contributed by atoms with Gasteiger partial charge in [0.25, 0.3) is 0 Å². The van der Waals surface area contributed by atoms with Crippen molar-refractivity contribution in [3.63, 3.8) is 0 Å². The minimum Gasteiger partial charge on any atom is -0.493 e. The summed E-state index contributed by atoms with van der Waals surface area (Å²) in [6.07, 6.45) is 1.83. The van der Waals surface area contributed by atoms with E-state index >= 15 is 0 Å². The molecular formula is C18H23N3O3. The fourth-order valence-electron chi connectivity index (χ4n) is 2.60. The van der Waals surface area contributed by atoms with Crippen LogP contribution in [0.25, 0.3) is 0 Å². The van der Waals surface area contributed by atoms with E-state index in [2.05, 4.69) is 16.4 Å². The monoisotopic (exact) mass is 329 g/mol. The molecule has 0 spiro atoms. The minimum absolute atomic E-state index is 0.553. The van der Waals surface area contributed by atoms with Crippen LogP contribution >= 0.6 is 0 Å². The molecule has 0 amide bonds. The van der Waals surface area contributed by atoms with Crippen molar-refractivity contribution in [2.75, 3.05) is 39.3 Å². The molecule has 1 N–H and O–H groups in total. The third-order valence-corrected chi connectivity index (χ3v) is 3.81. The van der Waals surface area contributed by atoms with Gasteiger partial charge in [-0.2, -0.15) is 0 Å². The highest BCUT2D eigenvalue weighted by molar-refractivity contribution is 5.54. The van der Waals surface area contributed by atoms with Gasteiger partial charge in [-0.25, -0.2) is 4.98 Å². The van der Waals surface area contributed by atoms with Crippen molar-refractivity contribution in [1.82, 2.24) is 10.3 Å². The number of methoxy groups -OCH3 is 1. The highest BCUT2D eigenvalue weighted by atomic mass is 16.6. The Labute approximate surface area is 142 Å². The predicted molar refractivity (Wildman–Crippen MR) is 93.1 cm³/mol. The van der Waals surface area contributed by atoms with Gasteiger partial charge in [0.05, 0.1) is 7.11 Å². The number of rotatable bonds is 6. The van der Waals surface area contributed by atoms with Gasteiger partial charge >= 0.3 is 0 Å². The first-order chi connectivity index (χ1) is 11.7. The standard InChI is InChI=1S/C18H23N3O3/c1-21(2)17-10-13(4-5-20-17)11-19-12-14-8-15(22-3)18-16(9-14)23-6-7-24-18/h4-5,8-10,19H,6-7,11-12H2,1-3H3. The van der Waals surface area contributed by atoms with E-state index in [4.69, 9.17) is 14.2 Å². The Morgan fingerprint density at radius 1 is 1.12 bits per heavy atom. The number of hydrogen-bond donors (Lipinski definition) is 1.